The second-order valence-corrected chi connectivity index (χ2v) is 6.49. The molecule has 144 valence electrons. The number of fused-ring (bicyclic) bond motifs is 1. The van der Waals surface area contributed by atoms with Crippen molar-refractivity contribution in [2.75, 3.05) is 19.1 Å². The molecule has 0 aliphatic carbocycles. The van der Waals surface area contributed by atoms with Gasteiger partial charge in [-0.1, -0.05) is 42.5 Å². The van der Waals surface area contributed by atoms with Crippen molar-refractivity contribution in [3.63, 3.8) is 0 Å². The Kier molecular flexibility index (Phi) is 4.87. The molecule has 0 atom stereocenters. The first-order valence-electron chi connectivity index (χ1n) is 9.11. The van der Waals surface area contributed by atoms with Gasteiger partial charge in [0.25, 0.3) is 11.8 Å². The number of nitrogens with zero attached hydrogens (tertiary/aromatic N) is 1. The van der Waals surface area contributed by atoms with Crippen LogP contribution in [-0.4, -0.2) is 26.0 Å². The Morgan fingerprint density at radius 1 is 0.724 bits per heavy atom. The Morgan fingerprint density at radius 3 is 2.07 bits per heavy atom. The number of anilines is 1. The summed E-state index contributed by atoms with van der Waals surface area (Å²) in [6.07, 6.45) is 1.79. The van der Waals surface area contributed by atoms with E-state index < -0.39 is 5.91 Å². The number of rotatable bonds is 4. The number of benzene rings is 3. The van der Waals surface area contributed by atoms with Crippen molar-refractivity contribution in [3.05, 3.63) is 89.5 Å². The topological polar surface area (TPSA) is 55.8 Å². The Morgan fingerprint density at radius 2 is 1.38 bits per heavy atom. The Bertz CT molecular complexity index is 1120. The predicted octanol–water partition coefficient (Wildman–Crippen LogP) is 4.43. The lowest BCUT2D eigenvalue weighted by Gasteiger charge is -2.29. The molecule has 0 saturated carbocycles. The summed E-state index contributed by atoms with van der Waals surface area (Å²) in [5.41, 5.74) is 2.77. The van der Waals surface area contributed by atoms with Crippen LogP contribution in [0.5, 0.6) is 11.5 Å². The highest BCUT2D eigenvalue weighted by molar-refractivity contribution is 6.43. The van der Waals surface area contributed by atoms with Gasteiger partial charge in [-0.25, -0.2) is 4.90 Å². The van der Waals surface area contributed by atoms with Crippen molar-refractivity contribution in [2.24, 2.45) is 0 Å². The lowest BCUT2D eigenvalue weighted by Crippen LogP contribution is -2.42. The fourth-order valence-electron chi connectivity index (χ4n) is 3.39. The van der Waals surface area contributed by atoms with Crippen molar-refractivity contribution in [1.29, 1.82) is 0 Å². The molecule has 5 nitrogen and oxygen atoms in total. The molecule has 4 rings (SSSR count). The Balaban J connectivity index is 1.88. The molecule has 0 bridgehead atoms. The van der Waals surface area contributed by atoms with E-state index in [4.69, 9.17) is 9.47 Å². The van der Waals surface area contributed by atoms with E-state index in [0.717, 1.165) is 11.3 Å². The Labute approximate surface area is 168 Å². The molecule has 3 aromatic rings. The molecule has 29 heavy (non-hydrogen) atoms. The third-order valence-electron chi connectivity index (χ3n) is 4.84. The number of hydrogen-bond acceptors (Lipinski definition) is 4. The lowest BCUT2D eigenvalue weighted by atomic mass is 9.91. The molecule has 0 fully saturated rings. The summed E-state index contributed by atoms with van der Waals surface area (Å²) in [6, 6.07) is 21.5. The van der Waals surface area contributed by atoms with E-state index in [1.54, 1.807) is 55.7 Å². The van der Waals surface area contributed by atoms with Crippen LogP contribution in [0.3, 0.4) is 0 Å². The minimum Gasteiger partial charge on any atom is -0.497 e. The molecule has 0 N–H and O–H groups in total. The highest BCUT2D eigenvalue weighted by atomic mass is 16.5. The monoisotopic (exact) mass is 385 g/mol. The van der Waals surface area contributed by atoms with E-state index in [1.165, 1.54) is 12.0 Å². The van der Waals surface area contributed by atoms with Gasteiger partial charge >= 0.3 is 0 Å². The van der Waals surface area contributed by atoms with Crippen molar-refractivity contribution in [1.82, 2.24) is 0 Å². The number of carbonyl (C=O) groups excluding carboxylic acids is 2. The van der Waals surface area contributed by atoms with Crippen LogP contribution in [0.1, 0.15) is 21.5 Å². The van der Waals surface area contributed by atoms with Crippen molar-refractivity contribution in [2.45, 2.75) is 0 Å². The molecule has 0 spiro atoms. The zero-order valence-electron chi connectivity index (χ0n) is 16.1. The zero-order chi connectivity index (χ0) is 20.4. The van der Waals surface area contributed by atoms with E-state index in [9.17, 15) is 9.59 Å². The molecule has 1 aliphatic rings. The molecule has 0 saturated heterocycles. The summed E-state index contributed by atoms with van der Waals surface area (Å²) in [7, 11) is 3.12. The molecule has 0 aromatic heterocycles. The van der Waals surface area contributed by atoms with Crippen LogP contribution in [0, 0.1) is 0 Å². The zero-order valence-corrected chi connectivity index (χ0v) is 16.1. The first kappa shape index (κ1) is 18.5. The fourth-order valence-corrected chi connectivity index (χ4v) is 3.39. The van der Waals surface area contributed by atoms with E-state index in [0.29, 0.717) is 28.1 Å². The van der Waals surface area contributed by atoms with Crippen molar-refractivity contribution in [3.8, 4) is 11.5 Å². The van der Waals surface area contributed by atoms with Crippen LogP contribution in [0.4, 0.5) is 5.69 Å². The number of hydrogen-bond donors (Lipinski definition) is 0. The Hall–Kier alpha value is -3.86. The van der Waals surface area contributed by atoms with Crippen LogP contribution in [0.2, 0.25) is 0 Å². The normalized spacial score (nSPS) is 14.7. The average Bonchev–Trinajstić information content (AvgIpc) is 2.77. The summed E-state index contributed by atoms with van der Waals surface area (Å²) in [5, 5.41) is 0. The maximum atomic E-state index is 13.5. The van der Waals surface area contributed by atoms with Crippen LogP contribution in [0.15, 0.2) is 72.8 Å². The molecular weight excluding hydrogens is 366 g/mol. The summed E-state index contributed by atoms with van der Waals surface area (Å²) in [4.78, 5) is 27.8. The minimum atomic E-state index is -0.394. The number of para-hydroxylation sites is 2. The van der Waals surface area contributed by atoms with Gasteiger partial charge in [-0.3, -0.25) is 9.59 Å². The van der Waals surface area contributed by atoms with E-state index >= 15 is 0 Å². The maximum Gasteiger partial charge on any atom is 0.266 e. The largest absolute Gasteiger partial charge is 0.497 e. The van der Waals surface area contributed by atoms with Crippen LogP contribution < -0.4 is 14.4 Å². The summed E-state index contributed by atoms with van der Waals surface area (Å²) < 4.78 is 10.6. The van der Waals surface area contributed by atoms with Gasteiger partial charge in [-0.15, -0.1) is 0 Å². The second kappa shape index (κ2) is 7.64. The molecule has 0 radical (unpaired) electrons. The second-order valence-electron chi connectivity index (χ2n) is 6.49. The van der Waals surface area contributed by atoms with Gasteiger partial charge in [0.05, 0.1) is 19.9 Å². The highest BCUT2D eigenvalue weighted by Crippen LogP contribution is 2.37. The van der Waals surface area contributed by atoms with Gasteiger partial charge in [0.15, 0.2) is 0 Å². The third-order valence-corrected chi connectivity index (χ3v) is 4.84. The van der Waals surface area contributed by atoms with Gasteiger partial charge in [-0.05, 0) is 47.5 Å². The quantitative estimate of drug-likeness (QED) is 0.492. The molecule has 2 amide bonds. The van der Waals surface area contributed by atoms with Gasteiger partial charge in [0, 0.05) is 11.1 Å². The summed E-state index contributed by atoms with van der Waals surface area (Å²) in [6.45, 7) is 0. The molecule has 5 heteroatoms. The van der Waals surface area contributed by atoms with Gasteiger partial charge in [0.2, 0.25) is 0 Å². The van der Waals surface area contributed by atoms with E-state index in [2.05, 4.69) is 0 Å². The van der Waals surface area contributed by atoms with Crippen LogP contribution in [-0.2, 0) is 4.79 Å². The van der Waals surface area contributed by atoms with Crippen LogP contribution in [0.25, 0.3) is 11.6 Å². The lowest BCUT2D eigenvalue weighted by molar-refractivity contribution is -0.112. The van der Waals surface area contributed by atoms with Crippen LogP contribution >= 0.6 is 0 Å². The summed E-state index contributed by atoms with van der Waals surface area (Å²) in [5.74, 6) is 0.418. The predicted molar refractivity (Wildman–Crippen MR) is 112 cm³/mol. The van der Waals surface area contributed by atoms with Crippen molar-refractivity contribution < 1.29 is 19.1 Å². The smallest absolute Gasteiger partial charge is 0.266 e. The number of ether oxygens (including phenoxy) is 2. The fraction of sp³-hybridized carbons (Fsp3) is 0.0833. The highest BCUT2D eigenvalue weighted by Gasteiger charge is 2.36. The number of methoxy groups -OCH3 is 2. The minimum absolute atomic E-state index is 0.373. The first-order chi connectivity index (χ1) is 14.1. The molecule has 1 aliphatic heterocycles. The van der Waals surface area contributed by atoms with Gasteiger partial charge in [0.1, 0.15) is 11.5 Å². The maximum absolute atomic E-state index is 13.5. The average molecular weight is 385 g/mol. The number of amides is 2. The van der Waals surface area contributed by atoms with Crippen molar-refractivity contribution >= 4 is 29.2 Å². The van der Waals surface area contributed by atoms with E-state index in [1.807, 2.05) is 30.3 Å². The van der Waals surface area contributed by atoms with Gasteiger partial charge < -0.3 is 9.47 Å². The standard InChI is InChI=1S/C24H19NO4/c1-28-17-13-11-16(12-14-17)15-20-18-7-3-4-8-19(18)23(26)25(24(20)27)21-9-5-6-10-22(21)29-2/h3-15H,1-2H3/b20-15+. The SMILES string of the molecule is COc1ccc(/C=C2/C(=O)N(c3ccccc3OC)C(=O)c3ccccc32)cc1. The molecule has 3 aromatic carbocycles. The van der Waals surface area contributed by atoms with E-state index in [-0.39, 0.29) is 5.91 Å². The third kappa shape index (κ3) is 3.27. The van der Waals surface area contributed by atoms with Gasteiger partial charge in [-0.2, -0.15) is 0 Å². The number of imide groups is 1. The molecule has 0 unspecified atom stereocenters. The first-order valence-corrected chi connectivity index (χ1v) is 9.11. The molecule has 1 heterocycles. The molecular formula is C24H19NO4. The number of carbonyl (C=O) groups is 2. The summed E-state index contributed by atoms with van der Waals surface area (Å²) >= 11 is 0.